The molecule has 0 aliphatic carbocycles. The van der Waals surface area contributed by atoms with Crippen LogP contribution in [0.5, 0.6) is 28.7 Å². The van der Waals surface area contributed by atoms with Gasteiger partial charge in [0.05, 0.1) is 5.56 Å². The Bertz CT molecular complexity index is 1940. The Morgan fingerprint density at radius 3 is 1.49 bits per heavy atom. The molecule has 0 N–H and O–H groups in total. The van der Waals surface area contributed by atoms with Crippen molar-refractivity contribution in [2.75, 3.05) is 0 Å². The van der Waals surface area contributed by atoms with Crippen LogP contribution >= 0.6 is 0 Å². The molecule has 0 aromatic heterocycles. The van der Waals surface area contributed by atoms with Gasteiger partial charge < -0.3 is 23.7 Å². The number of benzene rings is 3. The Labute approximate surface area is 278 Å². The second-order valence-electron chi connectivity index (χ2n) is 9.93. The lowest BCUT2D eigenvalue weighted by Crippen LogP contribution is -2.13. The van der Waals surface area contributed by atoms with Crippen molar-refractivity contribution in [2.45, 2.75) is 20.0 Å². The molecule has 0 aliphatic heterocycles. The quantitative estimate of drug-likeness (QED) is 0.110. The van der Waals surface area contributed by atoms with Crippen molar-refractivity contribution in [1.82, 2.24) is 0 Å². The zero-order chi connectivity index (χ0) is 36.6. The van der Waals surface area contributed by atoms with Gasteiger partial charge in [-0.2, -0.15) is 13.2 Å². The summed E-state index contributed by atoms with van der Waals surface area (Å²) < 4.78 is 68.3. The van der Waals surface area contributed by atoms with E-state index in [1.165, 1.54) is 44.2 Å². The minimum atomic E-state index is -4.97. The standard InChI is InChI=1S/C36H27F3O10/c1-8-31(40)45-26-14-12-21(15-25(26)36(37,38)39)23-13-11-22(16-27(23)46-32(41)9-2)24-17-29(49-35(44)20(6)7)30(47-33(42)10-3)18-28(24)48-34(43)19(4)5/h8-18H,1-4,6H2,5,7H3. The highest BCUT2D eigenvalue weighted by Crippen LogP contribution is 2.45. The maximum absolute atomic E-state index is 14.0. The molecule has 0 heterocycles. The topological polar surface area (TPSA) is 132 Å². The third-order valence-corrected chi connectivity index (χ3v) is 6.17. The highest BCUT2D eigenvalue weighted by molar-refractivity contribution is 5.94. The third-order valence-electron chi connectivity index (χ3n) is 6.17. The van der Waals surface area contributed by atoms with Gasteiger partial charge in [-0.25, -0.2) is 24.0 Å². The predicted molar refractivity (Wildman–Crippen MR) is 171 cm³/mol. The van der Waals surface area contributed by atoms with Crippen LogP contribution in [0.25, 0.3) is 22.3 Å². The first-order valence-corrected chi connectivity index (χ1v) is 13.8. The van der Waals surface area contributed by atoms with Gasteiger partial charge in [-0.1, -0.05) is 51.1 Å². The molecular formula is C36H27F3O10. The lowest BCUT2D eigenvalue weighted by atomic mass is 9.96. The number of carbonyl (C=O) groups is 5. The van der Waals surface area contributed by atoms with Crippen LogP contribution in [0.1, 0.15) is 19.4 Å². The van der Waals surface area contributed by atoms with E-state index in [2.05, 4.69) is 32.9 Å². The second-order valence-corrected chi connectivity index (χ2v) is 9.93. The number of esters is 5. The number of hydrogen-bond acceptors (Lipinski definition) is 10. The van der Waals surface area contributed by atoms with Crippen LogP contribution in [0.2, 0.25) is 0 Å². The summed E-state index contributed by atoms with van der Waals surface area (Å²) in [5.74, 6) is -6.89. The minimum Gasteiger partial charge on any atom is -0.423 e. The van der Waals surface area contributed by atoms with Crippen molar-refractivity contribution in [3.05, 3.63) is 116 Å². The summed E-state index contributed by atoms with van der Waals surface area (Å²) in [7, 11) is 0. The van der Waals surface area contributed by atoms with Gasteiger partial charge in [0.1, 0.15) is 17.2 Å². The van der Waals surface area contributed by atoms with Crippen molar-refractivity contribution in [3.8, 4) is 51.0 Å². The van der Waals surface area contributed by atoms with Gasteiger partial charge in [-0.15, -0.1) is 0 Å². The lowest BCUT2D eigenvalue weighted by Gasteiger charge is -2.18. The summed E-state index contributed by atoms with van der Waals surface area (Å²) in [6, 6.07) is 8.92. The zero-order valence-corrected chi connectivity index (χ0v) is 26.1. The third kappa shape index (κ3) is 9.29. The first kappa shape index (κ1) is 37.0. The van der Waals surface area contributed by atoms with Crippen LogP contribution in [0, 0.1) is 0 Å². The molecule has 10 nitrogen and oxygen atoms in total. The van der Waals surface area contributed by atoms with Crippen molar-refractivity contribution in [2.24, 2.45) is 0 Å². The number of halogens is 3. The number of alkyl halides is 3. The SMILES string of the molecule is C=CC(=O)Oc1cc(OC(=O)C(=C)C)c(-c2ccc(-c3ccc(OC(=O)C=C)c(C(F)(F)F)c3)c(OC(=O)C=C)c2)cc1OC(=O)C(=C)C. The van der Waals surface area contributed by atoms with Crippen molar-refractivity contribution in [3.63, 3.8) is 0 Å². The molecule has 0 unspecified atom stereocenters. The smallest absolute Gasteiger partial charge is 0.420 e. The fourth-order valence-corrected chi connectivity index (χ4v) is 3.86. The number of ether oxygens (including phenoxy) is 5. The van der Waals surface area contributed by atoms with Crippen LogP contribution in [0.4, 0.5) is 13.2 Å². The minimum absolute atomic E-state index is 0.00244. The molecule has 0 bridgehead atoms. The van der Waals surface area contributed by atoms with Crippen LogP contribution in [0.15, 0.2) is 111 Å². The molecule has 3 aromatic carbocycles. The molecule has 13 heteroatoms. The summed E-state index contributed by atoms with van der Waals surface area (Å²) in [6.45, 7) is 19.6. The van der Waals surface area contributed by atoms with Gasteiger partial charge in [0, 0.05) is 46.6 Å². The van der Waals surface area contributed by atoms with E-state index in [0.717, 1.165) is 24.3 Å². The Hall–Kier alpha value is -6.50. The van der Waals surface area contributed by atoms with Crippen LogP contribution in [-0.2, 0) is 30.1 Å². The molecule has 0 spiro atoms. The van der Waals surface area contributed by atoms with E-state index < -0.39 is 47.3 Å². The van der Waals surface area contributed by atoms with E-state index in [9.17, 15) is 37.1 Å². The van der Waals surface area contributed by atoms with Crippen LogP contribution in [-0.4, -0.2) is 29.8 Å². The highest BCUT2D eigenvalue weighted by atomic mass is 19.4. The molecule has 0 radical (unpaired) electrons. The number of hydrogen-bond donors (Lipinski definition) is 0. The summed E-state index contributed by atoms with van der Waals surface area (Å²) in [6.07, 6.45) is -2.63. The summed E-state index contributed by atoms with van der Waals surface area (Å²) in [5.41, 5.74) is -1.38. The monoisotopic (exact) mass is 676 g/mol. The van der Waals surface area contributed by atoms with E-state index in [1.807, 2.05) is 0 Å². The van der Waals surface area contributed by atoms with E-state index in [-0.39, 0.29) is 56.4 Å². The van der Waals surface area contributed by atoms with Gasteiger partial charge in [0.25, 0.3) is 0 Å². The molecule has 252 valence electrons. The first-order chi connectivity index (χ1) is 23.0. The predicted octanol–water partition coefficient (Wildman–Crippen LogP) is 7.28. The average Bonchev–Trinajstić information content (AvgIpc) is 3.04. The maximum Gasteiger partial charge on any atom is 0.420 e. The van der Waals surface area contributed by atoms with Crippen molar-refractivity contribution in [1.29, 1.82) is 0 Å². The molecule has 0 saturated heterocycles. The number of carbonyl (C=O) groups excluding carboxylic acids is 5. The maximum atomic E-state index is 14.0. The van der Waals surface area contributed by atoms with Gasteiger partial charge in [-0.3, -0.25) is 0 Å². The highest BCUT2D eigenvalue weighted by Gasteiger charge is 2.35. The molecule has 0 fully saturated rings. The average molecular weight is 677 g/mol. The Morgan fingerprint density at radius 2 is 0.980 bits per heavy atom. The summed E-state index contributed by atoms with van der Waals surface area (Å²) in [5, 5.41) is 0. The van der Waals surface area contributed by atoms with E-state index in [0.29, 0.717) is 12.1 Å². The van der Waals surface area contributed by atoms with Crippen LogP contribution in [0.3, 0.4) is 0 Å². The van der Waals surface area contributed by atoms with E-state index in [1.54, 1.807) is 0 Å². The molecule has 0 saturated carbocycles. The zero-order valence-electron chi connectivity index (χ0n) is 26.1. The number of rotatable bonds is 12. The molecule has 0 atom stereocenters. The molecule has 0 aliphatic rings. The molecule has 49 heavy (non-hydrogen) atoms. The Morgan fingerprint density at radius 1 is 0.551 bits per heavy atom. The van der Waals surface area contributed by atoms with Gasteiger partial charge in [0.15, 0.2) is 11.5 Å². The fraction of sp³-hybridized carbons (Fsp3) is 0.0833. The molecule has 3 aromatic rings. The Kier molecular flexibility index (Phi) is 11.6. The lowest BCUT2D eigenvalue weighted by molar-refractivity contribution is -0.141. The first-order valence-electron chi connectivity index (χ1n) is 13.8. The summed E-state index contributed by atoms with van der Waals surface area (Å²) >= 11 is 0. The largest absolute Gasteiger partial charge is 0.423 e. The van der Waals surface area contributed by atoms with Gasteiger partial charge >= 0.3 is 36.0 Å². The fourth-order valence-electron chi connectivity index (χ4n) is 3.86. The Balaban J connectivity index is 2.35. The van der Waals surface area contributed by atoms with E-state index >= 15 is 0 Å². The molecule has 0 amide bonds. The normalized spacial score (nSPS) is 10.6. The summed E-state index contributed by atoms with van der Waals surface area (Å²) in [4.78, 5) is 61.2. The van der Waals surface area contributed by atoms with Crippen molar-refractivity contribution < 1.29 is 60.8 Å². The second kappa shape index (κ2) is 15.4. The van der Waals surface area contributed by atoms with Crippen molar-refractivity contribution >= 4 is 29.8 Å². The van der Waals surface area contributed by atoms with Gasteiger partial charge in [0.2, 0.25) is 0 Å². The molecular weight excluding hydrogens is 649 g/mol. The van der Waals surface area contributed by atoms with E-state index in [4.69, 9.17) is 23.7 Å². The van der Waals surface area contributed by atoms with Gasteiger partial charge in [-0.05, 0) is 49.2 Å². The molecule has 3 rings (SSSR count). The van der Waals surface area contributed by atoms with Crippen LogP contribution < -0.4 is 23.7 Å².